The highest BCUT2D eigenvalue weighted by Gasteiger charge is 2.41. The monoisotopic (exact) mass is 340 g/mol. The lowest BCUT2D eigenvalue weighted by Crippen LogP contribution is -2.44. The summed E-state index contributed by atoms with van der Waals surface area (Å²) in [6, 6.07) is 14.4. The van der Waals surface area contributed by atoms with Crippen molar-refractivity contribution in [1.29, 1.82) is 0 Å². The Morgan fingerprint density at radius 1 is 1.12 bits per heavy atom. The van der Waals surface area contributed by atoms with Crippen LogP contribution in [-0.4, -0.2) is 24.0 Å². The molecule has 130 valence electrons. The molecule has 0 atom stereocenters. The van der Waals surface area contributed by atoms with Gasteiger partial charge in [0.25, 0.3) is 5.69 Å². The summed E-state index contributed by atoms with van der Waals surface area (Å²) in [4.78, 5) is 23.9. The van der Waals surface area contributed by atoms with Crippen molar-refractivity contribution in [3.8, 4) is 0 Å². The van der Waals surface area contributed by atoms with E-state index in [4.69, 9.17) is 4.74 Å². The Morgan fingerprint density at radius 2 is 1.80 bits per heavy atom. The molecule has 0 spiro atoms. The van der Waals surface area contributed by atoms with Crippen LogP contribution in [0.2, 0.25) is 0 Å². The molecule has 1 heterocycles. The molecule has 25 heavy (non-hydrogen) atoms. The van der Waals surface area contributed by atoms with Crippen LogP contribution in [0, 0.1) is 17.0 Å². The number of hydrogen-bond acceptors (Lipinski definition) is 4. The van der Waals surface area contributed by atoms with Gasteiger partial charge in [-0.3, -0.25) is 14.9 Å². The normalized spacial score (nSPS) is 16.2. The van der Waals surface area contributed by atoms with E-state index in [-0.39, 0.29) is 11.6 Å². The predicted molar refractivity (Wildman–Crippen MR) is 94.6 cm³/mol. The minimum absolute atomic E-state index is 0.00135. The Bertz CT molecular complexity index is 783. The fourth-order valence-corrected chi connectivity index (χ4v) is 3.32. The number of anilines is 1. The lowest BCUT2D eigenvalue weighted by Gasteiger charge is -2.36. The van der Waals surface area contributed by atoms with Gasteiger partial charge in [0.1, 0.15) is 0 Å². The van der Waals surface area contributed by atoms with Gasteiger partial charge in [-0.15, -0.1) is 0 Å². The Labute approximate surface area is 146 Å². The number of nitrogens with one attached hydrogen (secondary N) is 1. The number of hydrogen-bond donors (Lipinski definition) is 1. The lowest BCUT2D eigenvalue weighted by molar-refractivity contribution is -0.385. The van der Waals surface area contributed by atoms with E-state index in [1.54, 1.807) is 19.1 Å². The summed E-state index contributed by atoms with van der Waals surface area (Å²) in [5, 5.41) is 14.0. The molecule has 1 amide bonds. The number of amides is 1. The summed E-state index contributed by atoms with van der Waals surface area (Å²) in [6.45, 7) is 2.67. The predicted octanol–water partition coefficient (Wildman–Crippen LogP) is 3.59. The highest BCUT2D eigenvalue weighted by molar-refractivity contribution is 6.00. The van der Waals surface area contributed by atoms with Crippen molar-refractivity contribution in [1.82, 2.24) is 0 Å². The second-order valence-corrected chi connectivity index (χ2v) is 6.22. The number of carbonyl (C=O) groups excluding carboxylic acids is 1. The molecule has 1 N–H and O–H groups in total. The fourth-order valence-electron chi connectivity index (χ4n) is 3.32. The zero-order valence-corrected chi connectivity index (χ0v) is 14.0. The van der Waals surface area contributed by atoms with Crippen LogP contribution in [0.1, 0.15) is 24.0 Å². The maximum atomic E-state index is 13.2. The maximum Gasteiger partial charge on any atom is 0.274 e. The van der Waals surface area contributed by atoms with Crippen LogP contribution >= 0.6 is 0 Å². The number of benzene rings is 2. The number of nitro benzene ring substituents is 1. The number of carbonyl (C=O) groups is 1. The Hall–Kier alpha value is -2.73. The number of rotatable bonds is 4. The average Bonchev–Trinajstić information content (AvgIpc) is 2.64. The number of nitrogens with zero attached hydrogens (tertiary/aromatic N) is 1. The molecule has 0 aromatic heterocycles. The average molecular weight is 340 g/mol. The molecule has 2 aromatic rings. The van der Waals surface area contributed by atoms with Gasteiger partial charge < -0.3 is 10.1 Å². The first-order chi connectivity index (χ1) is 12.0. The Balaban J connectivity index is 1.95. The molecular formula is C19H20N2O4. The summed E-state index contributed by atoms with van der Waals surface area (Å²) in [5.74, 6) is -0.148. The summed E-state index contributed by atoms with van der Waals surface area (Å²) in [7, 11) is 0. The molecule has 6 heteroatoms. The molecule has 1 saturated heterocycles. The maximum absolute atomic E-state index is 13.2. The van der Waals surface area contributed by atoms with Gasteiger partial charge in [0.15, 0.2) is 0 Å². The molecule has 1 aliphatic heterocycles. The largest absolute Gasteiger partial charge is 0.381 e. The van der Waals surface area contributed by atoms with Crippen molar-refractivity contribution in [3.63, 3.8) is 0 Å². The van der Waals surface area contributed by atoms with E-state index >= 15 is 0 Å². The molecular weight excluding hydrogens is 320 g/mol. The molecule has 0 saturated carbocycles. The third-order valence-electron chi connectivity index (χ3n) is 4.86. The van der Waals surface area contributed by atoms with E-state index in [0.29, 0.717) is 37.3 Å². The standard InChI is InChI=1S/C19H20N2O4/c1-14-16(8-5-9-17(14)21(23)24)20-18(22)19(10-12-25-13-11-19)15-6-3-2-4-7-15/h2-9H,10-13H2,1H3,(H,20,22). The van der Waals surface area contributed by atoms with Gasteiger partial charge in [-0.25, -0.2) is 0 Å². The molecule has 0 aliphatic carbocycles. The van der Waals surface area contributed by atoms with Crippen molar-refractivity contribution >= 4 is 17.3 Å². The van der Waals surface area contributed by atoms with E-state index < -0.39 is 10.3 Å². The third kappa shape index (κ3) is 3.25. The van der Waals surface area contributed by atoms with Crippen molar-refractivity contribution in [2.45, 2.75) is 25.2 Å². The first kappa shape index (κ1) is 17.1. The first-order valence-electron chi connectivity index (χ1n) is 8.23. The zero-order valence-electron chi connectivity index (χ0n) is 14.0. The van der Waals surface area contributed by atoms with Gasteiger partial charge in [0, 0.05) is 19.3 Å². The van der Waals surface area contributed by atoms with Crippen LogP contribution in [0.5, 0.6) is 0 Å². The Kier molecular flexibility index (Phi) is 4.81. The SMILES string of the molecule is Cc1c(NC(=O)C2(c3ccccc3)CCOCC2)cccc1[N+](=O)[O-]. The van der Waals surface area contributed by atoms with Crippen molar-refractivity contribution < 1.29 is 14.5 Å². The van der Waals surface area contributed by atoms with Gasteiger partial charge in [0.2, 0.25) is 5.91 Å². The van der Waals surface area contributed by atoms with Crippen LogP contribution in [0.3, 0.4) is 0 Å². The van der Waals surface area contributed by atoms with E-state index in [0.717, 1.165) is 5.56 Å². The quantitative estimate of drug-likeness (QED) is 0.681. The molecule has 0 bridgehead atoms. The van der Waals surface area contributed by atoms with Crippen LogP contribution in [-0.2, 0) is 14.9 Å². The zero-order chi connectivity index (χ0) is 17.9. The topological polar surface area (TPSA) is 81.5 Å². The van der Waals surface area contributed by atoms with Gasteiger partial charge in [-0.2, -0.15) is 0 Å². The molecule has 3 rings (SSSR count). The van der Waals surface area contributed by atoms with E-state index in [1.165, 1.54) is 6.07 Å². The molecule has 2 aromatic carbocycles. The molecule has 0 unspecified atom stereocenters. The summed E-state index contributed by atoms with van der Waals surface area (Å²) < 4.78 is 5.45. The molecule has 6 nitrogen and oxygen atoms in total. The summed E-state index contributed by atoms with van der Waals surface area (Å²) in [5.41, 5.74) is 1.19. The van der Waals surface area contributed by atoms with Crippen LogP contribution in [0.25, 0.3) is 0 Å². The number of ether oxygens (including phenoxy) is 1. The highest BCUT2D eigenvalue weighted by Crippen LogP contribution is 2.37. The van der Waals surface area contributed by atoms with Gasteiger partial charge >= 0.3 is 0 Å². The van der Waals surface area contributed by atoms with Crippen LogP contribution < -0.4 is 5.32 Å². The van der Waals surface area contributed by atoms with Gasteiger partial charge in [-0.1, -0.05) is 36.4 Å². The first-order valence-corrected chi connectivity index (χ1v) is 8.23. The second-order valence-electron chi connectivity index (χ2n) is 6.22. The summed E-state index contributed by atoms with van der Waals surface area (Å²) >= 11 is 0. The molecule has 1 aliphatic rings. The Morgan fingerprint density at radius 3 is 2.44 bits per heavy atom. The van der Waals surface area contributed by atoms with E-state index in [1.807, 2.05) is 30.3 Å². The van der Waals surface area contributed by atoms with Crippen LogP contribution in [0.4, 0.5) is 11.4 Å². The van der Waals surface area contributed by atoms with Gasteiger partial charge in [-0.05, 0) is 31.4 Å². The van der Waals surface area contributed by atoms with Gasteiger partial charge in [0.05, 0.1) is 21.6 Å². The molecule has 0 radical (unpaired) electrons. The van der Waals surface area contributed by atoms with Crippen LogP contribution in [0.15, 0.2) is 48.5 Å². The van der Waals surface area contributed by atoms with Crippen molar-refractivity contribution in [2.24, 2.45) is 0 Å². The van der Waals surface area contributed by atoms with E-state index in [9.17, 15) is 14.9 Å². The highest BCUT2D eigenvalue weighted by atomic mass is 16.6. The third-order valence-corrected chi connectivity index (χ3v) is 4.86. The summed E-state index contributed by atoms with van der Waals surface area (Å²) in [6.07, 6.45) is 1.16. The smallest absolute Gasteiger partial charge is 0.274 e. The van der Waals surface area contributed by atoms with Crippen molar-refractivity contribution in [2.75, 3.05) is 18.5 Å². The minimum atomic E-state index is -0.684. The molecule has 1 fully saturated rings. The lowest BCUT2D eigenvalue weighted by atomic mass is 9.73. The van der Waals surface area contributed by atoms with E-state index in [2.05, 4.69) is 5.32 Å². The van der Waals surface area contributed by atoms with Crippen molar-refractivity contribution in [3.05, 3.63) is 69.8 Å². The minimum Gasteiger partial charge on any atom is -0.381 e. The second kappa shape index (κ2) is 7.03. The fraction of sp³-hybridized carbons (Fsp3) is 0.316. The number of nitro groups is 1.